The molecular weight excluding hydrogens is 364 g/mol. The van der Waals surface area contributed by atoms with Crippen LogP contribution in [0.1, 0.15) is 48.2 Å². The van der Waals surface area contributed by atoms with E-state index in [-0.39, 0.29) is 17.2 Å². The number of carbonyl (C=O) groups is 2. The molecular formula is C23H26N4O2. The Balaban J connectivity index is 1.32. The lowest BCUT2D eigenvalue weighted by Gasteiger charge is -2.42. The number of pyridine rings is 1. The maximum Gasteiger partial charge on any atom is 0.251 e. The summed E-state index contributed by atoms with van der Waals surface area (Å²) < 4.78 is 1.93. The first-order valence-corrected chi connectivity index (χ1v) is 9.90. The SMILES string of the molecule is CC(C)(C)C(=O)N1CC(c2ccc(C(=O)NCc3ccn4ccnc4c3)cc2)C1. The van der Waals surface area contributed by atoms with Gasteiger partial charge in [-0.05, 0) is 35.4 Å². The van der Waals surface area contributed by atoms with Crippen LogP contribution in [0.15, 0.2) is 55.0 Å². The summed E-state index contributed by atoms with van der Waals surface area (Å²) in [6.07, 6.45) is 5.57. The minimum Gasteiger partial charge on any atom is -0.348 e. The van der Waals surface area contributed by atoms with Gasteiger partial charge in [0, 0.05) is 55.1 Å². The molecule has 0 unspecified atom stereocenters. The Kier molecular flexibility index (Phi) is 4.86. The first kappa shape index (κ1) is 19.2. The fourth-order valence-electron chi connectivity index (χ4n) is 3.58. The number of fused-ring (bicyclic) bond motifs is 1. The Hall–Kier alpha value is -3.15. The molecule has 1 aliphatic heterocycles. The van der Waals surface area contributed by atoms with Gasteiger partial charge < -0.3 is 14.6 Å². The number of nitrogens with one attached hydrogen (secondary N) is 1. The molecule has 1 aromatic carbocycles. The van der Waals surface area contributed by atoms with Gasteiger partial charge in [0.25, 0.3) is 5.91 Å². The van der Waals surface area contributed by atoms with Gasteiger partial charge in [0.1, 0.15) is 5.65 Å². The molecule has 0 saturated carbocycles. The number of carbonyl (C=O) groups excluding carboxylic acids is 2. The Morgan fingerprint density at radius 3 is 2.52 bits per heavy atom. The number of imidazole rings is 1. The van der Waals surface area contributed by atoms with Crippen molar-refractivity contribution in [3.8, 4) is 0 Å². The van der Waals surface area contributed by atoms with Crippen LogP contribution >= 0.6 is 0 Å². The van der Waals surface area contributed by atoms with Gasteiger partial charge in [-0.3, -0.25) is 9.59 Å². The molecule has 0 bridgehead atoms. The van der Waals surface area contributed by atoms with E-state index in [9.17, 15) is 9.59 Å². The average molecular weight is 390 g/mol. The zero-order valence-corrected chi connectivity index (χ0v) is 17.1. The first-order valence-electron chi connectivity index (χ1n) is 9.90. The van der Waals surface area contributed by atoms with E-state index < -0.39 is 0 Å². The quantitative estimate of drug-likeness (QED) is 0.744. The van der Waals surface area contributed by atoms with Crippen LogP contribution in [0.4, 0.5) is 0 Å². The third-order valence-electron chi connectivity index (χ3n) is 5.37. The summed E-state index contributed by atoms with van der Waals surface area (Å²) in [6, 6.07) is 11.6. The van der Waals surface area contributed by atoms with Crippen molar-refractivity contribution in [3.63, 3.8) is 0 Å². The van der Waals surface area contributed by atoms with Gasteiger partial charge in [-0.2, -0.15) is 0 Å². The van der Waals surface area contributed by atoms with E-state index in [0.717, 1.165) is 24.3 Å². The molecule has 0 aliphatic carbocycles. The van der Waals surface area contributed by atoms with E-state index in [1.807, 2.05) is 78.9 Å². The van der Waals surface area contributed by atoms with Gasteiger partial charge in [-0.15, -0.1) is 0 Å². The van der Waals surface area contributed by atoms with Crippen LogP contribution in [-0.2, 0) is 11.3 Å². The van der Waals surface area contributed by atoms with Gasteiger partial charge in [0.15, 0.2) is 0 Å². The number of hydrogen-bond donors (Lipinski definition) is 1. The lowest BCUT2D eigenvalue weighted by atomic mass is 9.86. The van der Waals surface area contributed by atoms with Crippen LogP contribution in [0.2, 0.25) is 0 Å². The lowest BCUT2D eigenvalue weighted by molar-refractivity contribution is -0.144. The predicted molar refractivity (Wildman–Crippen MR) is 112 cm³/mol. The van der Waals surface area contributed by atoms with E-state index in [1.54, 1.807) is 6.20 Å². The highest BCUT2D eigenvalue weighted by Gasteiger charge is 2.36. The summed E-state index contributed by atoms with van der Waals surface area (Å²) in [5.41, 5.74) is 3.34. The maximum atomic E-state index is 12.5. The largest absolute Gasteiger partial charge is 0.348 e. The highest BCUT2D eigenvalue weighted by atomic mass is 16.2. The number of aromatic nitrogens is 2. The van der Waals surface area contributed by atoms with Crippen molar-refractivity contribution in [2.24, 2.45) is 5.41 Å². The number of amides is 2. The second kappa shape index (κ2) is 7.35. The molecule has 3 heterocycles. The van der Waals surface area contributed by atoms with Gasteiger partial charge in [0.2, 0.25) is 5.91 Å². The van der Waals surface area contributed by atoms with Crippen LogP contribution in [0, 0.1) is 5.41 Å². The molecule has 0 atom stereocenters. The third kappa shape index (κ3) is 4.01. The Labute approximate surface area is 170 Å². The van der Waals surface area contributed by atoms with Gasteiger partial charge >= 0.3 is 0 Å². The first-order chi connectivity index (χ1) is 13.8. The molecule has 29 heavy (non-hydrogen) atoms. The van der Waals surface area contributed by atoms with Crippen molar-refractivity contribution in [2.75, 3.05) is 13.1 Å². The van der Waals surface area contributed by atoms with Crippen molar-refractivity contribution in [1.29, 1.82) is 0 Å². The minimum absolute atomic E-state index is 0.0992. The van der Waals surface area contributed by atoms with Crippen molar-refractivity contribution < 1.29 is 9.59 Å². The second-order valence-corrected chi connectivity index (χ2v) is 8.69. The summed E-state index contributed by atoms with van der Waals surface area (Å²) >= 11 is 0. The molecule has 2 amide bonds. The molecule has 1 fully saturated rings. The molecule has 150 valence electrons. The van der Waals surface area contributed by atoms with Crippen LogP contribution in [0.3, 0.4) is 0 Å². The van der Waals surface area contributed by atoms with Crippen molar-refractivity contribution in [1.82, 2.24) is 19.6 Å². The molecule has 6 heteroatoms. The summed E-state index contributed by atoms with van der Waals surface area (Å²) in [6.45, 7) is 7.79. The molecule has 1 N–H and O–H groups in total. The second-order valence-electron chi connectivity index (χ2n) is 8.69. The average Bonchev–Trinajstić information content (AvgIpc) is 3.12. The zero-order valence-electron chi connectivity index (χ0n) is 17.1. The van der Waals surface area contributed by atoms with E-state index in [1.165, 1.54) is 5.56 Å². The van der Waals surface area contributed by atoms with Crippen LogP contribution in [-0.4, -0.2) is 39.2 Å². The third-order valence-corrected chi connectivity index (χ3v) is 5.37. The van der Waals surface area contributed by atoms with E-state index in [2.05, 4.69) is 10.3 Å². The van der Waals surface area contributed by atoms with Crippen LogP contribution in [0.5, 0.6) is 0 Å². The predicted octanol–water partition coefficient (Wildman–Crippen LogP) is 3.24. The normalized spacial score (nSPS) is 14.7. The van der Waals surface area contributed by atoms with Gasteiger partial charge in [0.05, 0.1) is 0 Å². The van der Waals surface area contributed by atoms with Crippen molar-refractivity contribution in [2.45, 2.75) is 33.2 Å². The standard InChI is InChI=1S/C23H26N4O2/c1-23(2,3)22(29)27-14-19(15-27)17-4-6-18(7-5-17)21(28)25-13-16-8-10-26-11-9-24-20(26)12-16/h4-12,19H,13-15H2,1-3H3,(H,25,28). The van der Waals surface area contributed by atoms with Gasteiger partial charge in [-0.25, -0.2) is 4.98 Å². The van der Waals surface area contributed by atoms with E-state index in [0.29, 0.717) is 18.0 Å². The van der Waals surface area contributed by atoms with Crippen molar-refractivity contribution in [3.05, 3.63) is 71.7 Å². The van der Waals surface area contributed by atoms with Crippen molar-refractivity contribution >= 4 is 17.5 Å². The maximum absolute atomic E-state index is 12.5. The number of rotatable bonds is 4. The fraction of sp³-hybridized carbons (Fsp3) is 0.348. The number of hydrogen-bond acceptors (Lipinski definition) is 3. The number of benzene rings is 1. The van der Waals surface area contributed by atoms with Crippen LogP contribution < -0.4 is 5.32 Å². The molecule has 1 saturated heterocycles. The molecule has 0 radical (unpaired) electrons. The van der Waals surface area contributed by atoms with Crippen LogP contribution in [0.25, 0.3) is 5.65 Å². The highest BCUT2D eigenvalue weighted by molar-refractivity contribution is 5.94. The molecule has 3 aromatic rings. The fourth-order valence-corrected chi connectivity index (χ4v) is 3.58. The van der Waals surface area contributed by atoms with E-state index in [4.69, 9.17) is 0 Å². The minimum atomic E-state index is -0.338. The summed E-state index contributed by atoms with van der Waals surface area (Å²) in [5, 5.41) is 2.96. The Morgan fingerprint density at radius 2 is 1.83 bits per heavy atom. The molecule has 1 aliphatic rings. The monoisotopic (exact) mass is 390 g/mol. The number of nitrogens with zero attached hydrogens (tertiary/aromatic N) is 3. The zero-order chi connectivity index (χ0) is 20.6. The molecule has 2 aromatic heterocycles. The lowest BCUT2D eigenvalue weighted by Crippen LogP contribution is -2.52. The summed E-state index contributed by atoms with van der Waals surface area (Å²) in [4.78, 5) is 30.9. The molecule has 4 rings (SSSR count). The van der Waals surface area contributed by atoms with Gasteiger partial charge in [-0.1, -0.05) is 32.9 Å². The Morgan fingerprint density at radius 1 is 1.10 bits per heavy atom. The number of likely N-dealkylation sites (tertiary alicyclic amines) is 1. The molecule has 6 nitrogen and oxygen atoms in total. The Bertz CT molecular complexity index is 1040. The molecule has 0 spiro atoms. The topological polar surface area (TPSA) is 66.7 Å². The van der Waals surface area contributed by atoms with E-state index >= 15 is 0 Å². The summed E-state index contributed by atoms with van der Waals surface area (Å²) in [5.74, 6) is 0.441. The highest BCUT2D eigenvalue weighted by Crippen LogP contribution is 2.31. The smallest absolute Gasteiger partial charge is 0.251 e. The summed E-state index contributed by atoms with van der Waals surface area (Å²) in [7, 11) is 0.